The number of benzene rings is 2. The van der Waals surface area contributed by atoms with Crippen LogP contribution in [0.25, 0.3) is 0 Å². The molecular weight excluding hydrogens is 454 g/mol. The summed E-state index contributed by atoms with van der Waals surface area (Å²) in [6.07, 6.45) is 3.30. The summed E-state index contributed by atoms with van der Waals surface area (Å²) in [6.45, 7) is 1.98. The number of hydrogen-bond donors (Lipinski definition) is 1. The summed E-state index contributed by atoms with van der Waals surface area (Å²) in [6, 6.07) is 17.4. The topological polar surface area (TPSA) is 101 Å². The highest BCUT2D eigenvalue weighted by Crippen LogP contribution is 2.33. The van der Waals surface area contributed by atoms with Crippen molar-refractivity contribution in [1.82, 2.24) is 10.3 Å². The van der Waals surface area contributed by atoms with Crippen molar-refractivity contribution < 1.29 is 22.4 Å². The third-order valence-electron chi connectivity index (χ3n) is 5.83. The first-order valence-electron chi connectivity index (χ1n) is 10.9. The molecule has 0 fully saturated rings. The predicted octanol–water partition coefficient (Wildman–Crippen LogP) is 3.72. The van der Waals surface area contributed by atoms with Crippen molar-refractivity contribution in [2.75, 3.05) is 19.9 Å². The predicted molar refractivity (Wildman–Crippen MR) is 128 cm³/mol. The van der Waals surface area contributed by atoms with E-state index in [1.165, 1.54) is 11.3 Å². The molecule has 0 saturated carbocycles. The minimum absolute atomic E-state index is 0.0611. The second kappa shape index (κ2) is 9.82. The second-order valence-corrected chi connectivity index (χ2v) is 10.2. The maximum absolute atomic E-state index is 13.2. The van der Waals surface area contributed by atoms with Crippen LogP contribution in [0.4, 0.5) is 0 Å². The summed E-state index contributed by atoms with van der Waals surface area (Å²) in [7, 11) is -1.64. The van der Waals surface area contributed by atoms with E-state index in [2.05, 4.69) is 10.4 Å². The highest BCUT2D eigenvalue weighted by atomic mass is 32.2. The van der Waals surface area contributed by atoms with Crippen molar-refractivity contribution in [3.05, 3.63) is 83.8 Å². The molecule has 178 valence electrons. The molecule has 0 saturated heterocycles. The van der Waals surface area contributed by atoms with E-state index < -0.39 is 9.84 Å². The molecule has 0 aliphatic carbocycles. The number of sulfone groups is 1. The summed E-state index contributed by atoms with van der Waals surface area (Å²) in [5.41, 5.74) is 2.59. The molecule has 1 N–H and O–H groups in total. The van der Waals surface area contributed by atoms with Crippen LogP contribution in [0.5, 0.6) is 5.75 Å². The zero-order valence-corrected chi connectivity index (χ0v) is 20.1. The molecule has 0 radical (unpaired) electrons. The van der Waals surface area contributed by atoms with Crippen molar-refractivity contribution in [3.8, 4) is 5.75 Å². The van der Waals surface area contributed by atoms with Crippen molar-refractivity contribution in [2.45, 2.75) is 30.3 Å². The van der Waals surface area contributed by atoms with Gasteiger partial charge in [-0.25, -0.2) is 13.4 Å². The number of hydrogen-bond acceptors (Lipinski definition) is 7. The highest BCUT2D eigenvalue weighted by Gasteiger charge is 2.34. The average molecular weight is 482 g/mol. The van der Waals surface area contributed by atoms with Crippen molar-refractivity contribution in [3.63, 3.8) is 0 Å². The molecule has 34 heavy (non-hydrogen) atoms. The molecule has 8 nitrogen and oxygen atoms in total. The van der Waals surface area contributed by atoms with Gasteiger partial charge in [-0.2, -0.15) is 5.10 Å². The maximum Gasteiger partial charge on any atom is 0.257 e. The maximum atomic E-state index is 13.2. The average Bonchev–Trinajstić information content (AvgIpc) is 3.52. The van der Waals surface area contributed by atoms with E-state index in [9.17, 15) is 13.2 Å². The number of hydrazone groups is 1. The lowest BCUT2D eigenvalue weighted by Crippen LogP contribution is -2.36. The Balaban J connectivity index is 1.48. The Morgan fingerprint density at radius 1 is 1.18 bits per heavy atom. The van der Waals surface area contributed by atoms with Crippen LogP contribution in [0.1, 0.15) is 42.3 Å². The molecule has 2 atom stereocenters. The van der Waals surface area contributed by atoms with Gasteiger partial charge in [0.25, 0.3) is 5.91 Å². The van der Waals surface area contributed by atoms with Gasteiger partial charge in [0.05, 0.1) is 30.5 Å². The fraction of sp³-hybridized carbons (Fsp3) is 0.280. The van der Waals surface area contributed by atoms with Gasteiger partial charge in [-0.1, -0.05) is 12.1 Å². The summed E-state index contributed by atoms with van der Waals surface area (Å²) < 4.78 is 34.2. The van der Waals surface area contributed by atoms with E-state index in [4.69, 9.17) is 9.15 Å². The van der Waals surface area contributed by atoms with Crippen LogP contribution in [-0.2, 0) is 14.6 Å². The van der Waals surface area contributed by atoms with Crippen LogP contribution < -0.4 is 10.1 Å². The fourth-order valence-corrected chi connectivity index (χ4v) is 4.47. The van der Waals surface area contributed by atoms with Crippen molar-refractivity contribution >= 4 is 21.5 Å². The Morgan fingerprint density at radius 2 is 1.88 bits per heavy atom. The largest absolute Gasteiger partial charge is 0.497 e. The monoisotopic (exact) mass is 481 g/mol. The Kier molecular flexibility index (Phi) is 6.85. The fourth-order valence-electron chi connectivity index (χ4n) is 3.84. The number of carbonyl (C=O) groups is 1. The normalized spacial score (nSPS) is 16.9. The van der Waals surface area contributed by atoms with E-state index in [-0.39, 0.29) is 29.4 Å². The molecule has 0 bridgehead atoms. The Labute approximate surface area is 199 Å². The van der Waals surface area contributed by atoms with Gasteiger partial charge in [0.15, 0.2) is 9.84 Å². The zero-order chi connectivity index (χ0) is 24.3. The summed E-state index contributed by atoms with van der Waals surface area (Å²) >= 11 is 0. The molecule has 1 aromatic heterocycles. The van der Waals surface area contributed by atoms with Gasteiger partial charge in [0.1, 0.15) is 17.6 Å². The number of carbonyl (C=O) groups excluding carboxylic acids is 1. The molecule has 4 rings (SSSR count). The zero-order valence-electron chi connectivity index (χ0n) is 19.3. The molecule has 0 spiro atoms. The van der Waals surface area contributed by atoms with Crippen molar-refractivity contribution in [2.24, 2.45) is 5.10 Å². The number of ether oxygens (including phenoxy) is 1. The lowest BCUT2D eigenvalue weighted by atomic mass is 10.0. The van der Waals surface area contributed by atoms with Crippen LogP contribution in [0.2, 0.25) is 0 Å². The number of rotatable bonds is 8. The van der Waals surface area contributed by atoms with Crippen LogP contribution in [0.15, 0.2) is 81.3 Å². The summed E-state index contributed by atoms with van der Waals surface area (Å²) in [5, 5.41) is 9.32. The number of methoxy groups -OCH3 is 1. The van der Waals surface area contributed by atoms with Crippen molar-refractivity contribution in [1.29, 1.82) is 0 Å². The first-order valence-corrected chi connectivity index (χ1v) is 12.8. The molecule has 2 unspecified atom stereocenters. The van der Waals surface area contributed by atoms with Gasteiger partial charge in [0.2, 0.25) is 0 Å². The van der Waals surface area contributed by atoms with Gasteiger partial charge in [0, 0.05) is 18.7 Å². The molecule has 1 aliphatic heterocycles. The smallest absolute Gasteiger partial charge is 0.257 e. The lowest BCUT2D eigenvalue weighted by molar-refractivity contribution is -0.132. The van der Waals surface area contributed by atoms with E-state index in [0.717, 1.165) is 22.6 Å². The standard InChI is InChI=1S/C25H27N3O5S/c1-17(18-8-12-21(13-9-18)34(3,30)31)26-16-25(29)28-23(24-5-4-14-33-24)15-22(27-28)19-6-10-20(32-2)11-7-19/h4-14,17,23,26H,15-16H2,1-3H3. The number of nitrogens with zero attached hydrogens (tertiary/aromatic N) is 2. The minimum atomic E-state index is -3.25. The molecule has 1 aliphatic rings. The number of furan rings is 1. The van der Waals surface area contributed by atoms with E-state index in [1.54, 1.807) is 43.7 Å². The van der Waals surface area contributed by atoms with Gasteiger partial charge < -0.3 is 14.5 Å². The van der Waals surface area contributed by atoms with E-state index in [0.29, 0.717) is 12.2 Å². The Hall–Kier alpha value is -3.43. The van der Waals surface area contributed by atoms with E-state index in [1.807, 2.05) is 37.3 Å². The van der Waals surface area contributed by atoms with Gasteiger partial charge in [-0.05, 0) is 66.6 Å². The number of nitrogens with one attached hydrogen (secondary N) is 1. The second-order valence-electron chi connectivity index (χ2n) is 8.19. The van der Waals surface area contributed by atoms with Crippen LogP contribution in [0.3, 0.4) is 0 Å². The third-order valence-corrected chi connectivity index (χ3v) is 6.96. The molecular formula is C25H27N3O5S. The van der Waals surface area contributed by atoms with Crippen LogP contribution >= 0.6 is 0 Å². The van der Waals surface area contributed by atoms with Gasteiger partial charge in [-0.15, -0.1) is 0 Å². The third kappa shape index (κ3) is 5.21. The quantitative estimate of drug-likeness (QED) is 0.526. The SMILES string of the molecule is COc1ccc(C2=NN(C(=O)CNC(C)c3ccc(S(C)(=O)=O)cc3)C(c3ccco3)C2)cc1. The summed E-state index contributed by atoms with van der Waals surface area (Å²) in [5.74, 6) is 1.23. The highest BCUT2D eigenvalue weighted by molar-refractivity contribution is 7.90. The van der Waals surface area contributed by atoms with Crippen LogP contribution in [0, 0.1) is 0 Å². The molecule has 3 aromatic rings. The Morgan fingerprint density at radius 3 is 2.47 bits per heavy atom. The number of amides is 1. The first-order chi connectivity index (χ1) is 16.3. The first kappa shape index (κ1) is 23.7. The van der Waals surface area contributed by atoms with E-state index >= 15 is 0 Å². The Bertz CT molecular complexity index is 1270. The van der Waals surface area contributed by atoms with Gasteiger partial charge in [-0.3, -0.25) is 4.79 Å². The molecule has 1 amide bonds. The molecule has 2 heterocycles. The van der Waals surface area contributed by atoms with Gasteiger partial charge >= 0.3 is 0 Å². The summed E-state index contributed by atoms with van der Waals surface area (Å²) in [4.78, 5) is 13.4. The minimum Gasteiger partial charge on any atom is -0.497 e. The molecule has 9 heteroatoms. The van der Waals surface area contributed by atoms with Crippen LogP contribution in [-0.4, -0.2) is 45.0 Å². The molecule has 2 aromatic carbocycles. The lowest BCUT2D eigenvalue weighted by Gasteiger charge is -2.21.